The van der Waals surface area contributed by atoms with Crippen LogP contribution < -0.4 is 5.32 Å². The zero-order valence-electron chi connectivity index (χ0n) is 15.1. The van der Waals surface area contributed by atoms with Gasteiger partial charge in [-0.25, -0.2) is 0 Å². The fourth-order valence-electron chi connectivity index (χ4n) is 3.74. The quantitative estimate of drug-likeness (QED) is 0.860. The fraction of sp³-hybridized carbons (Fsp3) is 0.364. The van der Waals surface area contributed by atoms with E-state index in [0.29, 0.717) is 23.2 Å². The topological polar surface area (TPSA) is 49.4 Å². The molecule has 140 valence electrons. The number of amides is 2. The molecule has 27 heavy (non-hydrogen) atoms. The highest BCUT2D eigenvalue weighted by Gasteiger charge is 2.37. The second-order valence-electron chi connectivity index (χ2n) is 7.45. The molecule has 0 aromatic heterocycles. The Balaban J connectivity index is 1.58. The van der Waals surface area contributed by atoms with Gasteiger partial charge in [-0.2, -0.15) is 0 Å². The monoisotopic (exact) mass is 382 g/mol. The van der Waals surface area contributed by atoms with Gasteiger partial charge in [0, 0.05) is 23.2 Å². The molecule has 4 rings (SSSR count). The number of piperidine rings is 1. The first kappa shape index (κ1) is 18.1. The third-order valence-corrected chi connectivity index (χ3v) is 5.66. The summed E-state index contributed by atoms with van der Waals surface area (Å²) < 4.78 is 0. The first-order valence-electron chi connectivity index (χ1n) is 9.53. The van der Waals surface area contributed by atoms with Crippen LogP contribution in [0.4, 0.5) is 0 Å². The highest BCUT2D eigenvalue weighted by atomic mass is 35.5. The van der Waals surface area contributed by atoms with Crippen molar-refractivity contribution in [3.63, 3.8) is 0 Å². The van der Waals surface area contributed by atoms with Crippen LogP contribution in [-0.4, -0.2) is 29.3 Å². The first-order chi connectivity index (χ1) is 13.1. The van der Waals surface area contributed by atoms with Crippen molar-refractivity contribution in [2.45, 2.75) is 37.8 Å². The molecule has 1 aliphatic heterocycles. The molecule has 2 atom stereocenters. The summed E-state index contributed by atoms with van der Waals surface area (Å²) in [5.74, 6) is -0.121. The van der Waals surface area contributed by atoms with Crippen molar-refractivity contribution in [2.24, 2.45) is 5.92 Å². The average Bonchev–Trinajstić information content (AvgIpc) is 3.52. The minimum absolute atomic E-state index is 0.0145. The maximum absolute atomic E-state index is 13.2. The molecule has 0 radical (unpaired) electrons. The van der Waals surface area contributed by atoms with Crippen LogP contribution in [-0.2, 0) is 4.79 Å². The molecule has 5 heteroatoms. The highest BCUT2D eigenvalue weighted by Crippen LogP contribution is 2.35. The maximum atomic E-state index is 13.2. The molecule has 1 aliphatic carbocycles. The Labute approximate surface area is 164 Å². The van der Waals surface area contributed by atoms with Gasteiger partial charge in [0.1, 0.15) is 0 Å². The van der Waals surface area contributed by atoms with E-state index < -0.39 is 0 Å². The number of rotatable bonds is 4. The summed E-state index contributed by atoms with van der Waals surface area (Å²) in [5.41, 5.74) is 1.71. The molecule has 1 heterocycles. The molecule has 4 nitrogen and oxygen atoms in total. The normalized spacial score (nSPS) is 22.3. The molecular weight excluding hydrogens is 360 g/mol. The number of benzene rings is 2. The van der Waals surface area contributed by atoms with Gasteiger partial charge in [0.25, 0.3) is 5.91 Å². The lowest BCUT2D eigenvalue weighted by Crippen LogP contribution is -2.47. The summed E-state index contributed by atoms with van der Waals surface area (Å²) in [6.45, 7) is 0.444. The van der Waals surface area contributed by atoms with E-state index in [-0.39, 0.29) is 23.8 Å². The Bertz CT molecular complexity index is 818. The minimum Gasteiger partial charge on any atom is -0.353 e. The molecule has 0 unspecified atom stereocenters. The van der Waals surface area contributed by atoms with E-state index in [2.05, 4.69) is 17.4 Å². The van der Waals surface area contributed by atoms with Gasteiger partial charge >= 0.3 is 0 Å². The Hall–Kier alpha value is -2.33. The number of halogens is 1. The van der Waals surface area contributed by atoms with Gasteiger partial charge in [-0.15, -0.1) is 0 Å². The van der Waals surface area contributed by atoms with E-state index in [9.17, 15) is 9.59 Å². The van der Waals surface area contributed by atoms with Gasteiger partial charge in [-0.05, 0) is 55.5 Å². The number of hydrogen-bond acceptors (Lipinski definition) is 2. The largest absolute Gasteiger partial charge is 0.353 e. The van der Waals surface area contributed by atoms with Gasteiger partial charge in [0.2, 0.25) is 5.91 Å². The molecule has 2 aromatic carbocycles. The van der Waals surface area contributed by atoms with Gasteiger partial charge in [-0.3, -0.25) is 9.59 Å². The highest BCUT2D eigenvalue weighted by molar-refractivity contribution is 6.30. The van der Waals surface area contributed by atoms with Crippen LogP contribution in [0.15, 0.2) is 54.6 Å². The SMILES string of the molecule is O=C(NC1CC1)[C@H]1CC[C@H](c2ccccc2)N(C(=O)c2ccc(Cl)cc2)C1. The van der Waals surface area contributed by atoms with E-state index in [1.165, 1.54) is 0 Å². The molecular formula is C22H23ClN2O2. The lowest BCUT2D eigenvalue weighted by Gasteiger charge is -2.39. The second kappa shape index (κ2) is 7.73. The van der Waals surface area contributed by atoms with Crippen LogP contribution in [0.5, 0.6) is 0 Å². The van der Waals surface area contributed by atoms with Crippen LogP contribution >= 0.6 is 11.6 Å². The maximum Gasteiger partial charge on any atom is 0.254 e. The van der Waals surface area contributed by atoms with Gasteiger partial charge in [0.05, 0.1) is 12.0 Å². The van der Waals surface area contributed by atoms with Crippen LogP contribution in [0.2, 0.25) is 5.02 Å². The third-order valence-electron chi connectivity index (χ3n) is 5.41. The molecule has 1 N–H and O–H groups in total. The smallest absolute Gasteiger partial charge is 0.254 e. The zero-order valence-corrected chi connectivity index (χ0v) is 15.9. The van der Waals surface area contributed by atoms with Crippen molar-refractivity contribution >= 4 is 23.4 Å². The van der Waals surface area contributed by atoms with E-state index in [0.717, 1.165) is 31.2 Å². The van der Waals surface area contributed by atoms with Crippen molar-refractivity contribution in [3.05, 3.63) is 70.7 Å². The summed E-state index contributed by atoms with van der Waals surface area (Å²) in [7, 11) is 0. The number of hydrogen-bond donors (Lipinski definition) is 1. The molecule has 2 fully saturated rings. The molecule has 2 aliphatic rings. The first-order valence-corrected chi connectivity index (χ1v) is 9.91. The van der Waals surface area contributed by atoms with Crippen LogP contribution in [0.25, 0.3) is 0 Å². The van der Waals surface area contributed by atoms with Crippen molar-refractivity contribution < 1.29 is 9.59 Å². The van der Waals surface area contributed by atoms with Crippen molar-refractivity contribution in [1.82, 2.24) is 10.2 Å². The Morgan fingerprint density at radius 3 is 2.30 bits per heavy atom. The number of nitrogens with zero attached hydrogens (tertiary/aromatic N) is 1. The molecule has 0 bridgehead atoms. The van der Waals surface area contributed by atoms with E-state index in [1.54, 1.807) is 24.3 Å². The summed E-state index contributed by atoms with van der Waals surface area (Å²) in [5, 5.41) is 3.69. The van der Waals surface area contributed by atoms with Crippen molar-refractivity contribution in [2.75, 3.05) is 6.54 Å². The molecule has 0 spiro atoms. The van der Waals surface area contributed by atoms with Gasteiger partial charge in [0.15, 0.2) is 0 Å². The Kier molecular flexibility index (Phi) is 5.17. The average molecular weight is 383 g/mol. The lowest BCUT2D eigenvalue weighted by molar-refractivity contribution is -0.127. The predicted octanol–water partition coefficient (Wildman–Crippen LogP) is 4.21. The molecule has 2 amide bonds. The number of likely N-dealkylation sites (tertiary alicyclic amines) is 1. The van der Waals surface area contributed by atoms with Gasteiger partial charge < -0.3 is 10.2 Å². The summed E-state index contributed by atoms with van der Waals surface area (Å²) in [6.07, 6.45) is 3.71. The van der Waals surface area contributed by atoms with E-state index in [4.69, 9.17) is 11.6 Å². The van der Waals surface area contributed by atoms with Crippen LogP contribution in [0.3, 0.4) is 0 Å². The van der Waals surface area contributed by atoms with Gasteiger partial charge in [-0.1, -0.05) is 41.9 Å². The third kappa shape index (κ3) is 4.16. The van der Waals surface area contributed by atoms with Crippen LogP contribution in [0.1, 0.15) is 47.6 Å². The summed E-state index contributed by atoms with van der Waals surface area (Å²) in [4.78, 5) is 27.7. The lowest BCUT2D eigenvalue weighted by atomic mass is 9.88. The summed E-state index contributed by atoms with van der Waals surface area (Å²) >= 11 is 5.97. The second-order valence-corrected chi connectivity index (χ2v) is 7.88. The Morgan fingerprint density at radius 1 is 0.926 bits per heavy atom. The number of nitrogens with one attached hydrogen (secondary N) is 1. The van der Waals surface area contributed by atoms with E-state index >= 15 is 0 Å². The van der Waals surface area contributed by atoms with Crippen molar-refractivity contribution in [3.8, 4) is 0 Å². The minimum atomic E-state index is -0.151. The molecule has 1 saturated heterocycles. The zero-order chi connectivity index (χ0) is 18.8. The van der Waals surface area contributed by atoms with E-state index in [1.807, 2.05) is 23.1 Å². The fourth-order valence-corrected chi connectivity index (χ4v) is 3.86. The number of carbonyl (C=O) groups is 2. The Morgan fingerprint density at radius 2 is 1.63 bits per heavy atom. The molecule has 1 saturated carbocycles. The summed E-state index contributed by atoms with van der Waals surface area (Å²) in [6, 6.07) is 17.4. The van der Waals surface area contributed by atoms with Crippen LogP contribution in [0, 0.1) is 5.92 Å². The molecule has 2 aromatic rings. The number of carbonyl (C=O) groups excluding carboxylic acids is 2. The predicted molar refractivity (Wildman–Crippen MR) is 106 cm³/mol. The standard InChI is InChI=1S/C22H23ClN2O2/c23-18-9-6-16(7-10-18)22(27)25-14-17(21(26)24-19-11-12-19)8-13-20(25)15-4-2-1-3-5-15/h1-7,9-10,17,19-20H,8,11-14H2,(H,24,26)/t17-,20+/m0/s1. The van der Waals surface area contributed by atoms with Crippen molar-refractivity contribution in [1.29, 1.82) is 0 Å².